The van der Waals surface area contributed by atoms with Crippen molar-refractivity contribution in [1.82, 2.24) is 9.78 Å². The lowest BCUT2D eigenvalue weighted by molar-refractivity contribution is 0.0600. The van der Waals surface area contributed by atoms with Crippen LogP contribution >= 0.6 is 0 Å². The van der Waals surface area contributed by atoms with Crippen molar-refractivity contribution < 1.29 is 22.7 Å². The van der Waals surface area contributed by atoms with E-state index in [0.717, 1.165) is 36.9 Å². The first-order valence-electron chi connectivity index (χ1n) is 9.68. The van der Waals surface area contributed by atoms with Gasteiger partial charge in [0.15, 0.2) is 15.5 Å². The SMILES string of the molecule is COC(=O)c1cccc(NC(=O)c2nn([C@H]3CCS(=O)(=O)C3)c3c2CCCC3)c1. The number of anilines is 1. The van der Waals surface area contributed by atoms with Crippen molar-refractivity contribution in [3.8, 4) is 0 Å². The average molecular weight is 417 g/mol. The summed E-state index contributed by atoms with van der Waals surface area (Å²) in [6, 6.07) is 6.31. The zero-order valence-corrected chi connectivity index (χ0v) is 17.0. The van der Waals surface area contributed by atoms with Crippen molar-refractivity contribution in [2.75, 3.05) is 23.9 Å². The molecule has 9 heteroatoms. The van der Waals surface area contributed by atoms with Crippen LogP contribution in [0.2, 0.25) is 0 Å². The number of aromatic nitrogens is 2. The van der Waals surface area contributed by atoms with Crippen LogP contribution in [0.1, 0.15) is 57.4 Å². The maximum Gasteiger partial charge on any atom is 0.337 e. The molecule has 1 fully saturated rings. The standard InChI is InChI=1S/C20H23N3O5S/c1-28-20(25)13-5-4-6-14(11-13)21-19(24)18-16-7-2-3-8-17(16)23(22-18)15-9-10-29(26,27)12-15/h4-6,11,15H,2-3,7-10,12H2,1H3,(H,21,24)/t15-/m0/s1. The van der Waals surface area contributed by atoms with Gasteiger partial charge in [0.05, 0.1) is 30.2 Å². The molecule has 0 saturated carbocycles. The summed E-state index contributed by atoms with van der Waals surface area (Å²) in [6.45, 7) is 0. The lowest BCUT2D eigenvalue weighted by Gasteiger charge is -2.17. The maximum absolute atomic E-state index is 13.0. The molecular weight excluding hydrogens is 394 g/mol. The largest absolute Gasteiger partial charge is 0.465 e. The van der Waals surface area contributed by atoms with Gasteiger partial charge in [-0.15, -0.1) is 0 Å². The lowest BCUT2D eigenvalue weighted by atomic mass is 9.95. The van der Waals surface area contributed by atoms with Crippen LogP contribution in [0.3, 0.4) is 0 Å². The van der Waals surface area contributed by atoms with E-state index < -0.39 is 15.8 Å². The number of nitrogens with zero attached hydrogens (tertiary/aromatic N) is 2. The summed E-state index contributed by atoms with van der Waals surface area (Å²) in [5, 5.41) is 7.36. The first-order chi connectivity index (χ1) is 13.9. The van der Waals surface area contributed by atoms with Crippen molar-refractivity contribution in [3.05, 3.63) is 46.8 Å². The van der Waals surface area contributed by atoms with Gasteiger partial charge < -0.3 is 10.1 Å². The first kappa shape index (κ1) is 19.6. The van der Waals surface area contributed by atoms with Crippen molar-refractivity contribution in [3.63, 3.8) is 0 Å². The number of benzene rings is 1. The second kappa shape index (κ2) is 7.62. The molecule has 1 aliphatic heterocycles. The molecular formula is C20H23N3O5S. The van der Waals surface area contributed by atoms with Gasteiger partial charge in [-0.25, -0.2) is 13.2 Å². The number of esters is 1. The summed E-state index contributed by atoms with van der Waals surface area (Å²) in [7, 11) is -1.75. The molecule has 1 saturated heterocycles. The van der Waals surface area contributed by atoms with Crippen LogP contribution in [-0.4, -0.2) is 48.7 Å². The van der Waals surface area contributed by atoms with Gasteiger partial charge in [0.25, 0.3) is 5.91 Å². The minimum atomic E-state index is -3.05. The number of sulfone groups is 1. The second-order valence-corrected chi connectivity index (χ2v) is 9.74. The molecule has 1 aromatic heterocycles. The van der Waals surface area contributed by atoms with Gasteiger partial charge in [-0.2, -0.15) is 5.10 Å². The summed E-state index contributed by atoms with van der Waals surface area (Å²) in [6.07, 6.45) is 4.04. The highest BCUT2D eigenvalue weighted by molar-refractivity contribution is 7.91. The van der Waals surface area contributed by atoms with Gasteiger partial charge in [-0.1, -0.05) is 6.07 Å². The molecule has 154 valence electrons. The van der Waals surface area contributed by atoms with E-state index in [1.807, 2.05) is 0 Å². The number of fused-ring (bicyclic) bond motifs is 1. The zero-order valence-electron chi connectivity index (χ0n) is 16.2. The third-order valence-electron chi connectivity index (χ3n) is 5.52. The number of ether oxygens (including phenoxy) is 1. The average Bonchev–Trinajstić information content (AvgIpc) is 3.27. The molecule has 29 heavy (non-hydrogen) atoms. The van der Waals surface area contributed by atoms with E-state index in [-0.39, 0.29) is 23.5 Å². The Hall–Kier alpha value is -2.68. The molecule has 2 heterocycles. The van der Waals surface area contributed by atoms with Crippen LogP contribution in [0.25, 0.3) is 0 Å². The predicted octanol–water partition coefficient (Wildman–Crippen LogP) is 2.16. The van der Waals surface area contributed by atoms with Gasteiger partial charge in [-0.05, 0) is 50.3 Å². The van der Waals surface area contributed by atoms with E-state index in [4.69, 9.17) is 4.74 Å². The lowest BCUT2D eigenvalue weighted by Crippen LogP contribution is -2.17. The van der Waals surface area contributed by atoms with Crippen LogP contribution in [0.15, 0.2) is 24.3 Å². The van der Waals surface area contributed by atoms with Crippen molar-refractivity contribution in [1.29, 1.82) is 0 Å². The van der Waals surface area contributed by atoms with Gasteiger partial charge in [0.1, 0.15) is 0 Å². The van der Waals surface area contributed by atoms with E-state index in [1.165, 1.54) is 7.11 Å². The Morgan fingerprint density at radius 2 is 2.03 bits per heavy atom. The molecule has 1 amide bonds. The smallest absolute Gasteiger partial charge is 0.337 e. The van der Waals surface area contributed by atoms with E-state index in [2.05, 4.69) is 10.4 Å². The number of hydrogen-bond donors (Lipinski definition) is 1. The first-order valence-corrected chi connectivity index (χ1v) is 11.5. The number of carbonyl (C=O) groups excluding carboxylic acids is 2. The van der Waals surface area contributed by atoms with Crippen LogP contribution in [-0.2, 0) is 27.4 Å². The molecule has 0 bridgehead atoms. The molecule has 4 rings (SSSR count). The van der Waals surface area contributed by atoms with Crippen LogP contribution in [0, 0.1) is 0 Å². The highest BCUT2D eigenvalue weighted by Gasteiger charge is 2.34. The fourth-order valence-electron chi connectivity index (χ4n) is 4.11. The van der Waals surface area contributed by atoms with Gasteiger partial charge in [0.2, 0.25) is 0 Å². The van der Waals surface area contributed by atoms with Crippen molar-refractivity contribution >= 4 is 27.4 Å². The summed E-state index contributed by atoms with van der Waals surface area (Å²) < 4.78 is 30.3. The Bertz CT molecular complexity index is 1070. The number of methoxy groups -OCH3 is 1. The zero-order chi connectivity index (χ0) is 20.6. The number of nitrogens with one attached hydrogen (secondary N) is 1. The monoisotopic (exact) mass is 417 g/mol. The van der Waals surface area contributed by atoms with Gasteiger partial charge in [-0.3, -0.25) is 9.48 Å². The second-order valence-electron chi connectivity index (χ2n) is 7.51. The van der Waals surface area contributed by atoms with E-state index in [9.17, 15) is 18.0 Å². The molecule has 0 radical (unpaired) electrons. The molecule has 1 atom stereocenters. The summed E-state index contributed by atoms with van der Waals surface area (Å²) in [4.78, 5) is 24.7. The third kappa shape index (κ3) is 3.91. The highest BCUT2D eigenvalue weighted by atomic mass is 32.2. The minimum absolute atomic E-state index is 0.0728. The summed E-state index contributed by atoms with van der Waals surface area (Å²) in [5.41, 5.74) is 3.04. The third-order valence-corrected chi connectivity index (χ3v) is 7.27. The van der Waals surface area contributed by atoms with Gasteiger partial charge >= 0.3 is 5.97 Å². The summed E-state index contributed by atoms with van der Waals surface area (Å²) >= 11 is 0. The molecule has 2 aromatic rings. The molecule has 0 spiro atoms. The van der Waals surface area contributed by atoms with Crippen LogP contribution in [0.5, 0.6) is 0 Å². The molecule has 1 aliphatic carbocycles. The van der Waals surface area contributed by atoms with Crippen LogP contribution in [0.4, 0.5) is 5.69 Å². The van der Waals surface area contributed by atoms with Crippen LogP contribution < -0.4 is 5.32 Å². The van der Waals surface area contributed by atoms with E-state index in [0.29, 0.717) is 23.4 Å². The Morgan fingerprint density at radius 3 is 2.76 bits per heavy atom. The molecule has 8 nitrogen and oxygen atoms in total. The topological polar surface area (TPSA) is 107 Å². The fourth-order valence-corrected chi connectivity index (χ4v) is 5.80. The van der Waals surface area contributed by atoms with E-state index >= 15 is 0 Å². The highest BCUT2D eigenvalue weighted by Crippen LogP contribution is 2.31. The normalized spacial score (nSPS) is 20.1. The van der Waals surface area contributed by atoms with E-state index in [1.54, 1.807) is 28.9 Å². The molecule has 0 unspecified atom stereocenters. The van der Waals surface area contributed by atoms with Crippen molar-refractivity contribution in [2.45, 2.75) is 38.1 Å². The Kier molecular flexibility index (Phi) is 5.16. The fraction of sp³-hybridized carbons (Fsp3) is 0.450. The Morgan fingerprint density at radius 1 is 1.24 bits per heavy atom. The van der Waals surface area contributed by atoms with Crippen molar-refractivity contribution in [2.24, 2.45) is 0 Å². The molecule has 1 aromatic carbocycles. The van der Waals surface area contributed by atoms with Gasteiger partial charge in [0, 0.05) is 16.9 Å². The number of amides is 1. The number of hydrogen-bond acceptors (Lipinski definition) is 6. The predicted molar refractivity (Wildman–Crippen MR) is 107 cm³/mol. The minimum Gasteiger partial charge on any atom is -0.465 e. The quantitative estimate of drug-likeness (QED) is 0.764. The number of carbonyl (C=O) groups is 2. The Balaban J connectivity index is 1.63. The maximum atomic E-state index is 13.0. The number of rotatable bonds is 4. The summed E-state index contributed by atoms with van der Waals surface area (Å²) in [5.74, 6) is -0.604. The molecule has 2 aliphatic rings. The molecule has 1 N–H and O–H groups in total. The Labute approximate surface area is 169 Å².